The fourth-order valence-electron chi connectivity index (χ4n) is 4.99. The van der Waals surface area contributed by atoms with Crippen LogP contribution in [0, 0.1) is 5.92 Å². The van der Waals surface area contributed by atoms with E-state index < -0.39 is 13.9 Å². The molecule has 1 aliphatic heterocycles. The van der Waals surface area contributed by atoms with Gasteiger partial charge in [-0.1, -0.05) is 86.8 Å². The first-order valence-electron chi connectivity index (χ1n) is 13.3. The Kier molecular flexibility index (Phi) is 15.2. The molecule has 1 aliphatic rings. The fraction of sp³-hybridized carbons (Fsp3) is 0.750. The van der Waals surface area contributed by atoms with Crippen molar-refractivity contribution in [3.05, 3.63) is 33.5 Å². The number of allylic oxidation sites excluding steroid dienone is 3. The van der Waals surface area contributed by atoms with Gasteiger partial charge in [-0.3, -0.25) is 0 Å². The highest BCUT2D eigenvalue weighted by Gasteiger charge is 2.49. The molecular formula is C28H49IO5Si. The van der Waals surface area contributed by atoms with E-state index in [0.29, 0.717) is 0 Å². The maximum Gasteiger partial charge on any atom is 0.330 e. The molecule has 0 aliphatic carbocycles. The summed E-state index contributed by atoms with van der Waals surface area (Å²) in [6.45, 7) is 15.6. The molecule has 0 unspecified atom stereocenters. The minimum Gasteiger partial charge on any atom is -0.466 e. The van der Waals surface area contributed by atoms with Gasteiger partial charge in [-0.2, -0.15) is 0 Å². The van der Waals surface area contributed by atoms with Gasteiger partial charge < -0.3 is 18.6 Å². The highest BCUT2D eigenvalue weighted by atomic mass is 127. The molecule has 4 atom stereocenters. The Bertz CT molecular complexity index is 723. The van der Waals surface area contributed by atoms with Gasteiger partial charge in [-0.05, 0) is 61.9 Å². The minimum absolute atomic E-state index is 0.0799. The maximum absolute atomic E-state index is 11.7. The van der Waals surface area contributed by atoms with Crippen LogP contribution in [0.4, 0.5) is 0 Å². The molecule has 0 N–H and O–H groups in total. The number of esters is 1. The monoisotopic (exact) mass is 620 g/mol. The molecule has 0 amide bonds. The largest absolute Gasteiger partial charge is 0.466 e. The van der Waals surface area contributed by atoms with Crippen molar-refractivity contribution < 1.29 is 23.4 Å². The summed E-state index contributed by atoms with van der Waals surface area (Å²) in [7, 11) is -0.570. The van der Waals surface area contributed by atoms with E-state index in [0.717, 1.165) is 43.0 Å². The van der Waals surface area contributed by atoms with Gasteiger partial charge in [0.1, 0.15) is 12.4 Å². The van der Waals surface area contributed by atoms with Gasteiger partial charge in [0.05, 0.1) is 19.3 Å². The minimum atomic E-state index is -1.96. The summed E-state index contributed by atoms with van der Waals surface area (Å²) in [5.41, 5.74) is 1.59. The van der Waals surface area contributed by atoms with E-state index >= 15 is 0 Å². The van der Waals surface area contributed by atoms with Crippen molar-refractivity contribution in [2.45, 2.75) is 117 Å². The van der Waals surface area contributed by atoms with Crippen LogP contribution in [0.25, 0.3) is 0 Å². The highest BCUT2D eigenvalue weighted by molar-refractivity contribution is 14.1. The summed E-state index contributed by atoms with van der Waals surface area (Å²) in [4.78, 5) is 11.7. The number of carbonyl (C=O) groups excluding carboxylic acids is 1. The molecule has 1 saturated heterocycles. The molecule has 0 radical (unpaired) electrons. The Morgan fingerprint density at radius 3 is 2.31 bits per heavy atom. The van der Waals surface area contributed by atoms with Crippen LogP contribution < -0.4 is 0 Å². The fourth-order valence-corrected chi connectivity index (χ4v) is 8.19. The Morgan fingerprint density at radius 1 is 1.11 bits per heavy atom. The van der Waals surface area contributed by atoms with E-state index in [4.69, 9.17) is 18.6 Å². The van der Waals surface area contributed by atoms with Crippen molar-refractivity contribution >= 4 is 36.9 Å². The normalized spacial score (nSPS) is 26.7. The molecule has 1 rings (SSSR count). The van der Waals surface area contributed by atoms with Crippen molar-refractivity contribution in [3.8, 4) is 0 Å². The van der Waals surface area contributed by atoms with Crippen LogP contribution >= 0.6 is 22.6 Å². The lowest BCUT2D eigenvalue weighted by molar-refractivity contribution is -0.134. The second-order valence-corrected chi connectivity index (χ2v) is 15.3. The number of rotatable bonds is 14. The van der Waals surface area contributed by atoms with Crippen LogP contribution in [0.1, 0.15) is 80.6 Å². The Labute approximate surface area is 229 Å². The molecule has 0 spiro atoms. The summed E-state index contributed by atoms with van der Waals surface area (Å²) >= 11 is 2.34. The van der Waals surface area contributed by atoms with Crippen LogP contribution in [0.5, 0.6) is 0 Å². The molecule has 202 valence electrons. The molecule has 0 aromatic rings. The van der Waals surface area contributed by atoms with Crippen LogP contribution in [-0.4, -0.2) is 46.0 Å². The number of unbranched alkanes of at least 4 members (excludes halogenated alkanes) is 2. The first-order chi connectivity index (χ1) is 16.6. The zero-order chi connectivity index (χ0) is 26.5. The van der Waals surface area contributed by atoms with Gasteiger partial charge in [0.2, 0.25) is 0 Å². The molecule has 0 aromatic heterocycles. The van der Waals surface area contributed by atoms with Gasteiger partial charge in [0, 0.05) is 12.0 Å². The van der Waals surface area contributed by atoms with Crippen molar-refractivity contribution in [1.29, 1.82) is 0 Å². The van der Waals surface area contributed by atoms with E-state index in [1.54, 1.807) is 6.08 Å². The van der Waals surface area contributed by atoms with Gasteiger partial charge in [-0.15, -0.1) is 0 Å². The first-order valence-corrected chi connectivity index (χ1v) is 17.1. The van der Waals surface area contributed by atoms with E-state index in [1.165, 1.54) is 31.6 Å². The van der Waals surface area contributed by atoms with Crippen LogP contribution in [0.3, 0.4) is 0 Å². The zero-order valence-electron chi connectivity index (χ0n) is 23.3. The molecule has 0 bridgehead atoms. The number of methoxy groups -OCH3 is 1. The standard InChI is InChI=1S/C28H49IO5Si/c1-9-13-14-15-25-24(18-23(6)20-29)27(34-35(10-2,11-3)12-4)28(7,33-21-32-25)19-22(5)16-17-26(30)31-8/h16-17,19-20,24-25,27H,9-15,18,21H2,1-8H3/b17-16+,22-19+,23-20+/t24-,25+,27-,28+/m1/s1. The van der Waals surface area contributed by atoms with E-state index in [1.807, 2.05) is 6.92 Å². The van der Waals surface area contributed by atoms with E-state index in [2.05, 4.69) is 74.3 Å². The molecule has 35 heavy (non-hydrogen) atoms. The summed E-state index contributed by atoms with van der Waals surface area (Å²) in [6, 6.07) is 3.23. The SMILES string of the molecule is CCCCC[C@@H]1OCO[C@@](C)(/C=C(C)/C=C/C(=O)OC)[C@H](O[Si](CC)(CC)CC)[C@@H]1C/C(C)=C/I. The quantitative estimate of drug-likeness (QED) is 0.0491. The molecule has 7 heteroatoms. The van der Waals surface area contributed by atoms with E-state index in [-0.39, 0.29) is 30.9 Å². The lowest BCUT2D eigenvalue weighted by atomic mass is 9.79. The highest BCUT2D eigenvalue weighted by Crippen LogP contribution is 2.41. The van der Waals surface area contributed by atoms with Crippen LogP contribution in [-0.2, 0) is 23.4 Å². The number of hydrogen-bond donors (Lipinski definition) is 0. The van der Waals surface area contributed by atoms with Gasteiger partial charge in [-0.25, -0.2) is 4.79 Å². The summed E-state index contributed by atoms with van der Waals surface area (Å²) in [5.74, 6) is -0.192. The summed E-state index contributed by atoms with van der Waals surface area (Å²) in [5, 5.41) is 0. The van der Waals surface area contributed by atoms with Crippen LogP contribution in [0.15, 0.2) is 33.5 Å². The third kappa shape index (κ3) is 10.1. The van der Waals surface area contributed by atoms with Gasteiger partial charge >= 0.3 is 5.97 Å². The molecule has 1 heterocycles. The zero-order valence-corrected chi connectivity index (χ0v) is 26.5. The number of carbonyl (C=O) groups is 1. The van der Waals surface area contributed by atoms with E-state index in [9.17, 15) is 4.79 Å². The molecule has 5 nitrogen and oxygen atoms in total. The summed E-state index contributed by atoms with van der Waals surface area (Å²) in [6.07, 6.45) is 10.7. The third-order valence-electron chi connectivity index (χ3n) is 7.43. The predicted molar refractivity (Wildman–Crippen MR) is 156 cm³/mol. The predicted octanol–water partition coefficient (Wildman–Crippen LogP) is 8.11. The first kappa shape index (κ1) is 32.5. The van der Waals surface area contributed by atoms with Crippen LogP contribution in [0.2, 0.25) is 18.1 Å². The molecule has 1 fully saturated rings. The second kappa shape index (κ2) is 16.4. The average molecular weight is 621 g/mol. The number of halogens is 1. The maximum atomic E-state index is 11.7. The van der Waals surface area contributed by atoms with Gasteiger partial charge in [0.15, 0.2) is 8.32 Å². The lowest BCUT2D eigenvalue weighted by Gasteiger charge is -2.44. The number of ether oxygens (including phenoxy) is 3. The Hall–Kier alpha value is -0.483. The van der Waals surface area contributed by atoms with Crippen molar-refractivity contribution in [1.82, 2.24) is 0 Å². The van der Waals surface area contributed by atoms with Crippen molar-refractivity contribution in [2.75, 3.05) is 13.9 Å². The third-order valence-corrected chi connectivity index (χ3v) is 13.1. The molecular weight excluding hydrogens is 571 g/mol. The van der Waals surface area contributed by atoms with Crippen molar-refractivity contribution in [3.63, 3.8) is 0 Å². The number of hydrogen-bond acceptors (Lipinski definition) is 5. The van der Waals surface area contributed by atoms with Crippen molar-refractivity contribution in [2.24, 2.45) is 5.92 Å². The van der Waals surface area contributed by atoms with Gasteiger partial charge in [0.25, 0.3) is 0 Å². The topological polar surface area (TPSA) is 54.0 Å². The average Bonchev–Trinajstić information content (AvgIpc) is 2.97. The second-order valence-electron chi connectivity index (χ2n) is 10.00. The molecule has 0 aromatic carbocycles. The Morgan fingerprint density at radius 2 is 1.77 bits per heavy atom. The molecule has 0 saturated carbocycles. The smallest absolute Gasteiger partial charge is 0.330 e. The summed E-state index contributed by atoms with van der Waals surface area (Å²) < 4.78 is 27.2. The Balaban J connectivity index is 3.59. The lowest BCUT2D eigenvalue weighted by Crippen LogP contribution is -2.54.